The molecule has 4 nitrogen and oxygen atoms in total. The van der Waals surface area contributed by atoms with Gasteiger partial charge >= 0.3 is 0 Å². The van der Waals surface area contributed by atoms with Gasteiger partial charge in [0.05, 0.1) is 5.02 Å². The van der Waals surface area contributed by atoms with Crippen LogP contribution in [0.3, 0.4) is 0 Å². The number of amides is 1. The first-order valence-electron chi connectivity index (χ1n) is 6.36. The number of likely N-dealkylation sites (tertiary alicyclic amines) is 1. The number of carbonyl (C=O) groups is 1. The summed E-state index contributed by atoms with van der Waals surface area (Å²) in [5.41, 5.74) is 0. The molecule has 0 radical (unpaired) electrons. The van der Waals surface area contributed by atoms with Crippen molar-refractivity contribution in [3.05, 3.63) is 21.8 Å². The highest BCUT2D eigenvalue weighted by atomic mass is 79.9. The van der Waals surface area contributed by atoms with Crippen LogP contribution in [0.5, 0.6) is 0 Å². The Bertz CT molecular complexity index is 461. The van der Waals surface area contributed by atoms with E-state index >= 15 is 0 Å². The summed E-state index contributed by atoms with van der Waals surface area (Å²) in [6, 6.07) is 1.83. The minimum Gasteiger partial charge on any atom is -0.369 e. The lowest BCUT2D eigenvalue weighted by molar-refractivity contribution is -0.130. The van der Waals surface area contributed by atoms with E-state index < -0.39 is 0 Å². The van der Waals surface area contributed by atoms with Crippen molar-refractivity contribution < 1.29 is 4.79 Å². The molecule has 1 saturated heterocycles. The molecule has 0 saturated carbocycles. The van der Waals surface area contributed by atoms with Gasteiger partial charge in [-0.1, -0.05) is 11.6 Å². The van der Waals surface area contributed by atoms with Crippen molar-refractivity contribution >= 4 is 39.3 Å². The highest BCUT2D eigenvalue weighted by Crippen LogP contribution is 2.24. The van der Waals surface area contributed by atoms with Crippen LogP contribution in [-0.2, 0) is 4.79 Å². The normalized spacial score (nSPS) is 16.5. The topological polar surface area (TPSA) is 45.2 Å². The lowest BCUT2D eigenvalue weighted by Gasteiger charge is -2.31. The highest BCUT2D eigenvalue weighted by molar-refractivity contribution is 9.10. The zero-order chi connectivity index (χ0) is 13.8. The molecule has 0 bridgehead atoms. The lowest BCUT2D eigenvalue weighted by atomic mass is 9.97. The summed E-state index contributed by atoms with van der Waals surface area (Å²) >= 11 is 9.44. The second-order valence-corrected chi connectivity index (χ2v) is 6.14. The molecule has 2 heterocycles. The predicted molar refractivity (Wildman–Crippen MR) is 80.4 cm³/mol. The number of piperidine rings is 1. The molecule has 1 aliphatic heterocycles. The van der Waals surface area contributed by atoms with Gasteiger partial charge in [-0.05, 0) is 40.8 Å². The number of pyridine rings is 1. The summed E-state index contributed by atoms with van der Waals surface area (Å²) in [6.45, 7) is 4.18. The molecule has 2 rings (SSSR count). The summed E-state index contributed by atoms with van der Waals surface area (Å²) in [6.07, 6.45) is 3.79. The number of nitrogens with one attached hydrogen (secondary N) is 1. The first-order valence-corrected chi connectivity index (χ1v) is 7.54. The van der Waals surface area contributed by atoms with Gasteiger partial charge in [-0.15, -0.1) is 0 Å². The van der Waals surface area contributed by atoms with Crippen LogP contribution in [0.15, 0.2) is 16.7 Å². The van der Waals surface area contributed by atoms with Crippen LogP contribution in [0, 0.1) is 5.92 Å². The monoisotopic (exact) mass is 345 g/mol. The van der Waals surface area contributed by atoms with E-state index in [9.17, 15) is 4.79 Å². The molecule has 1 N–H and O–H groups in total. The fourth-order valence-electron chi connectivity index (χ4n) is 2.24. The Kier molecular flexibility index (Phi) is 5.05. The molecule has 6 heteroatoms. The number of hydrogen-bond acceptors (Lipinski definition) is 3. The maximum absolute atomic E-state index is 11.2. The number of hydrogen-bond donors (Lipinski definition) is 1. The molecular weight excluding hydrogens is 330 g/mol. The van der Waals surface area contributed by atoms with Gasteiger partial charge in [0.2, 0.25) is 5.91 Å². The fourth-order valence-corrected chi connectivity index (χ4v) is 2.93. The van der Waals surface area contributed by atoms with Crippen molar-refractivity contribution in [1.29, 1.82) is 0 Å². The van der Waals surface area contributed by atoms with Crippen molar-refractivity contribution in [3.63, 3.8) is 0 Å². The van der Waals surface area contributed by atoms with E-state index in [4.69, 9.17) is 11.6 Å². The summed E-state index contributed by atoms with van der Waals surface area (Å²) in [7, 11) is 0. The Labute approximate surface area is 126 Å². The minimum atomic E-state index is 0.170. The third-order valence-corrected chi connectivity index (χ3v) is 4.15. The zero-order valence-electron chi connectivity index (χ0n) is 10.8. The van der Waals surface area contributed by atoms with E-state index in [0.717, 1.165) is 42.8 Å². The standard InChI is InChI=1S/C13H17BrClN3O/c1-9(19)18-4-2-10(3-5-18)7-16-13-12(15)6-11(14)8-17-13/h6,8,10H,2-5,7H2,1H3,(H,16,17). The van der Waals surface area contributed by atoms with E-state index in [-0.39, 0.29) is 5.91 Å². The average Bonchev–Trinajstić information content (AvgIpc) is 2.38. The van der Waals surface area contributed by atoms with Gasteiger partial charge < -0.3 is 10.2 Å². The fraction of sp³-hybridized carbons (Fsp3) is 0.538. The van der Waals surface area contributed by atoms with Crippen molar-refractivity contribution in [2.24, 2.45) is 5.92 Å². The first kappa shape index (κ1) is 14.6. The Morgan fingerprint density at radius 3 is 2.84 bits per heavy atom. The molecule has 1 aromatic rings. The van der Waals surface area contributed by atoms with Gasteiger partial charge in [0, 0.05) is 37.2 Å². The van der Waals surface area contributed by atoms with E-state index in [1.165, 1.54) is 0 Å². The Hall–Kier alpha value is -0.810. The number of rotatable bonds is 3. The van der Waals surface area contributed by atoms with Crippen LogP contribution < -0.4 is 5.32 Å². The molecule has 0 spiro atoms. The van der Waals surface area contributed by atoms with Gasteiger partial charge in [-0.25, -0.2) is 4.98 Å². The van der Waals surface area contributed by atoms with Gasteiger partial charge in [0.25, 0.3) is 0 Å². The molecule has 19 heavy (non-hydrogen) atoms. The van der Waals surface area contributed by atoms with Crippen LogP contribution in [0.1, 0.15) is 19.8 Å². The van der Waals surface area contributed by atoms with Crippen LogP contribution in [0.2, 0.25) is 5.02 Å². The lowest BCUT2D eigenvalue weighted by Crippen LogP contribution is -2.38. The molecule has 0 aliphatic carbocycles. The minimum absolute atomic E-state index is 0.170. The number of nitrogens with zero attached hydrogens (tertiary/aromatic N) is 2. The average molecular weight is 347 g/mol. The molecule has 1 aliphatic rings. The molecular formula is C13H17BrClN3O. The quantitative estimate of drug-likeness (QED) is 0.914. The maximum Gasteiger partial charge on any atom is 0.219 e. The van der Waals surface area contributed by atoms with E-state index in [1.807, 2.05) is 11.0 Å². The van der Waals surface area contributed by atoms with E-state index in [1.54, 1.807) is 13.1 Å². The van der Waals surface area contributed by atoms with Crippen molar-refractivity contribution in [2.75, 3.05) is 25.0 Å². The van der Waals surface area contributed by atoms with Gasteiger partial charge in [0.1, 0.15) is 5.82 Å². The van der Waals surface area contributed by atoms with Crippen molar-refractivity contribution in [3.8, 4) is 0 Å². The number of carbonyl (C=O) groups excluding carboxylic acids is 1. The summed E-state index contributed by atoms with van der Waals surface area (Å²) in [5.74, 6) is 1.46. The molecule has 1 fully saturated rings. The molecule has 0 unspecified atom stereocenters. The molecule has 0 atom stereocenters. The predicted octanol–water partition coefficient (Wildman–Crippen LogP) is 3.17. The Morgan fingerprint density at radius 2 is 2.26 bits per heavy atom. The molecule has 1 amide bonds. The SMILES string of the molecule is CC(=O)N1CCC(CNc2ncc(Br)cc2Cl)CC1. The second-order valence-electron chi connectivity index (χ2n) is 4.81. The van der Waals surface area contributed by atoms with E-state index in [2.05, 4.69) is 26.2 Å². The number of anilines is 1. The Morgan fingerprint density at radius 1 is 1.58 bits per heavy atom. The molecule has 104 valence electrons. The van der Waals surface area contributed by atoms with Crippen LogP contribution in [-0.4, -0.2) is 35.4 Å². The highest BCUT2D eigenvalue weighted by Gasteiger charge is 2.20. The van der Waals surface area contributed by atoms with Gasteiger partial charge in [0.15, 0.2) is 0 Å². The van der Waals surface area contributed by atoms with Crippen LogP contribution in [0.25, 0.3) is 0 Å². The third-order valence-electron chi connectivity index (χ3n) is 3.43. The third kappa shape index (κ3) is 4.08. The van der Waals surface area contributed by atoms with Gasteiger partial charge in [-0.2, -0.15) is 0 Å². The second kappa shape index (κ2) is 6.57. The largest absolute Gasteiger partial charge is 0.369 e. The van der Waals surface area contributed by atoms with Crippen LogP contribution in [0.4, 0.5) is 5.82 Å². The smallest absolute Gasteiger partial charge is 0.219 e. The van der Waals surface area contributed by atoms with Crippen LogP contribution >= 0.6 is 27.5 Å². The zero-order valence-corrected chi connectivity index (χ0v) is 13.2. The molecule has 1 aromatic heterocycles. The van der Waals surface area contributed by atoms with Crippen molar-refractivity contribution in [2.45, 2.75) is 19.8 Å². The first-order chi connectivity index (χ1) is 9.06. The maximum atomic E-state index is 11.2. The summed E-state index contributed by atoms with van der Waals surface area (Å²) in [5, 5.41) is 3.91. The summed E-state index contributed by atoms with van der Waals surface area (Å²) in [4.78, 5) is 17.4. The summed E-state index contributed by atoms with van der Waals surface area (Å²) < 4.78 is 0.873. The van der Waals surface area contributed by atoms with Crippen molar-refractivity contribution in [1.82, 2.24) is 9.88 Å². The molecule has 0 aromatic carbocycles. The van der Waals surface area contributed by atoms with Gasteiger partial charge in [-0.3, -0.25) is 4.79 Å². The Balaban J connectivity index is 1.82. The number of aromatic nitrogens is 1. The van der Waals surface area contributed by atoms with E-state index in [0.29, 0.717) is 10.9 Å². The number of halogens is 2.